The largest absolute Gasteiger partial charge is 0.461 e. The highest BCUT2D eigenvalue weighted by Crippen LogP contribution is 2.27. The van der Waals surface area contributed by atoms with Gasteiger partial charge in [-0.1, -0.05) is 47.1 Å². The molecule has 0 spiro atoms. The van der Waals surface area contributed by atoms with Crippen molar-refractivity contribution in [3.05, 3.63) is 64.3 Å². The molecule has 0 aliphatic rings. The molecule has 2 aromatic carbocycles. The first kappa shape index (κ1) is 13.3. The van der Waals surface area contributed by atoms with Crippen LogP contribution < -0.4 is 5.32 Å². The number of para-hydroxylation sites is 1. The standard InChI is InChI=1S/C17H16BrNO/c1-2-16-15(14-8-3-4-9-17(14)20-16)11-19-13-7-5-6-12(18)10-13/h3-10,19H,2,11H2,1H3. The van der Waals surface area contributed by atoms with Gasteiger partial charge < -0.3 is 9.73 Å². The second kappa shape index (κ2) is 5.71. The zero-order valence-corrected chi connectivity index (χ0v) is 12.9. The Morgan fingerprint density at radius 2 is 1.95 bits per heavy atom. The zero-order chi connectivity index (χ0) is 13.9. The Morgan fingerprint density at radius 1 is 1.10 bits per heavy atom. The molecular weight excluding hydrogens is 314 g/mol. The van der Waals surface area contributed by atoms with Crippen LogP contribution in [0.15, 0.2) is 57.4 Å². The van der Waals surface area contributed by atoms with E-state index in [1.165, 1.54) is 10.9 Å². The molecule has 0 bridgehead atoms. The molecule has 0 saturated heterocycles. The van der Waals surface area contributed by atoms with Crippen LogP contribution in [0.4, 0.5) is 5.69 Å². The van der Waals surface area contributed by atoms with Gasteiger partial charge in [0.2, 0.25) is 0 Å². The van der Waals surface area contributed by atoms with Crippen molar-refractivity contribution < 1.29 is 4.42 Å². The summed E-state index contributed by atoms with van der Waals surface area (Å²) in [6, 6.07) is 16.4. The van der Waals surface area contributed by atoms with Crippen LogP contribution in [0.1, 0.15) is 18.2 Å². The zero-order valence-electron chi connectivity index (χ0n) is 11.3. The van der Waals surface area contributed by atoms with E-state index in [9.17, 15) is 0 Å². The first-order valence-corrected chi connectivity index (χ1v) is 7.56. The molecule has 1 N–H and O–H groups in total. The van der Waals surface area contributed by atoms with Gasteiger partial charge >= 0.3 is 0 Å². The number of rotatable bonds is 4. The topological polar surface area (TPSA) is 25.2 Å². The molecule has 0 fully saturated rings. The highest BCUT2D eigenvalue weighted by atomic mass is 79.9. The molecule has 0 atom stereocenters. The molecule has 20 heavy (non-hydrogen) atoms. The summed E-state index contributed by atoms with van der Waals surface area (Å²) in [5.41, 5.74) is 3.32. The molecule has 0 aliphatic carbocycles. The molecule has 0 saturated carbocycles. The predicted molar refractivity (Wildman–Crippen MR) is 87.1 cm³/mol. The number of hydrogen-bond donors (Lipinski definition) is 1. The number of furan rings is 1. The third-order valence-electron chi connectivity index (χ3n) is 3.40. The van der Waals surface area contributed by atoms with Gasteiger partial charge in [0.15, 0.2) is 0 Å². The van der Waals surface area contributed by atoms with Gasteiger partial charge in [0.25, 0.3) is 0 Å². The van der Waals surface area contributed by atoms with Gasteiger partial charge in [-0.2, -0.15) is 0 Å². The fourth-order valence-electron chi connectivity index (χ4n) is 2.42. The fourth-order valence-corrected chi connectivity index (χ4v) is 2.82. The highest BCUT2D eigenvalue weighted by Gasteiger charge is 2.11. The van der Waals surface area contributed by atoms with Crippen molar-refractivity contribution in [1.29, 1.82) is 0 Å². The van der Waals surface area contributed by atoms with Crippen LogP contribution in [-0.4, -0.2) is 0 Å². The van der Waals surface area contributed by atoms with Crippen molar-refractivity contribution in [3.63, 3.8) is 0 Å². The van der Waals surface area contributed by atoms with Crippen LogP contribution in [0, 0.1) is 0 Å². The van der Waals surface area contributed by atoms with E-state index in [1.54, 1.807) is 0 Å². The maximum Gasteiger partial charge on any atom is 0.134 e. The number of nitrogens with one attached hydrogen (secondary N) is 1. The van der Waals surface area contributed by atoms with E-state index in [1.807, 2.05) is 24.3 Å². The lowest BCUT2D eigenvalue weighted by molar-refractivity contribution is 0.551. The van der Waals surface area contributed by atoms with Crippen molar-refractivity contribution in [2.75, 3.05) is 5.32 Å². The van der Waals surface area contributed by atoms with Crippen LogP contribution in [-0.2, 0) is 13.0 Å². The van der Waals surface area contributed by atoms with Crippen molar-refractivity contribution in [1.82, 2.24) is 0 Å². The predicted octanol–water partition coefficient (Wildman–Crippen LogP) is 5.37. The molecule has 3 heteroatoms. The number of aryl methyl sites for hydroxylation is 1. The van der Waals surface area contributed by atoms with E-state index in [-0.39, 0.29) is 0 Å². The monoisotopic (exact) mass is 329 g/mol. The molecule has 1 heterocycles. The highest BCUT2D eigenvalue weighted by molar-refractivity contribution is 9.10. The lowest BCUT2D eigenvalue weighted by Gasteiger charge is -2.07. The average molecular weight is 330 g/mol. The van der Waals surface area contributed by atoms with Crippen LogP contribution in [0.25, 0.3) is 11.0 Å². The number of benzene rings is 2. The second-order valence-electron chi connectivity index (χ2n) is 4.72. The number of anilines is 1. The lowest BCUT2D eigenvalue weighted by atomic mass is 10.1. The Labute approximate surface area is 126 Å². The van der Waals surface area contributed by atoms with Crippen LogP contribution >= 0.6 is 15.9 Å². The molecule has 0 amide bonds. The van der Waals surface area contributed by atoms with Crippen LogP contribution in [0.3, 0.4) is 0 Å². The summed E-state index contributed by atoms with van der Waals surface area (Å²) >= 11 is 3.49. The molecule has 2 nitrogen and oxygen atoms in total. The molecular formula is C17H16BrNO. The lowest BCUT2D eigenvalue weighted by Crippen LogP contribution is -2.00. The summed E-state index contributed by atoms with van der Waals surface area (Å²) in [4.78, 5) is 0. The van der Waals surface area contributed by atoms with Gasteiger partial charge in [-0.05, 0) is 24.3 Å². The number of fused-ring (bicyclic) bond motifs is 1. The second-order valence-corrected chi connectivity index (χ2v) is 5.63. The third kappa shape index (κ3) is 2.59. The number of halogens is 1. The normalized spacial score (nSPS) is 10.9. The molecule has 0 aliphatic heterocycles. The van der Waals surface area contributed by atoms with E-state index in [0.29, 0.717) is 0 Å². The quantitative estimate of drug-likeness (QED) is 0.696. The first-order valence-electron chi connectivity index (χ1n) is 6.76. The van der Waals surface area contributed by atoms with E-state index >= 15 is 0 Å². The van der Waals surface area contributed by atoms with Gasteiger partial charge in [-0.25, -0.2) is 0 Å². The van der Waals surface area contributed by atoms with Crippen molar-refractivity contribution in [3.8, 4) is 0 Å². The van der Waals surface area contributed by atoms with Crippen LogP contribution in [0.2, 0.25) is 0 Å². The Bertz CT molecular complexity index is 733. The van der Waals surface area contributed by atoms with Gasteiger partial charge in [0.05, 0.1) is 0 Å². The maximum absolute atomic E-state index is 5.91. The van der Waals surface area contributed by atoms with Crippen molar-refractivity contribution in [2.24, 2.45) is 0 Å². The summed E-state index contributed by atoms with van der Waals surface area (Å²) in [5, 5.41) is 4.67. The van der Waals surface area contributed by atoms with E-state index < -0.39 is 0 Å². The number of hydrogen-bond acceptors (Lipinski definition) is 2. The Hall–Kier alpha value is -1.74. The summed E-state index contributed by atoms with van der Waals surface area (Å²) in [6.07, 6.45) is 0.907. The minimum Gasteiger partial charge on any atom is -0.461 e. The molecule has 0 unspecified atom stereocenters. The van der Waals surface area contributed by atoms with Gasteiger partial charge in [0, 0.05) is 34.1 Å². The van der Waals surface area contributed by atoms with Crippen LogP contribution in [0.5, 0.6) is 0 Å². The van der Waals surface area contributed by atoms with Gasteiger partial charge in [-0.15, -0.1) is 0 Å². The molecule has 3 aromatic rings. The SMILES string of the molecule is CCc1oc2ccccc2c1CNc1cccc(Br)c1. The third-order valence-corrected chi connectivity index (χ3v) is 3.89. The summed E-state index contributed by atoms with van der Waals surface area (Å²) in [7, 11) is 0. The summed E-state index contributed by atoms with van der Waals surface area (Å²) in [5.74, 6) is 1.06. The smallest absolute Gasteiger partial charge is 0.134 e. The fraction of sp³-hybridized carbons (Fsp3) is 0.176. The van der Waals surface area contributed by atoms with Gasteiger partial charge in [0.1, 0.15) is 11.3 Å². The summed E-state index contributed by atoms with van der Waals surface area (Å²) in [6.45, 7) is 2.90. The Kier molecular flexibility index (Phi) is 3.79. The Morgan fingerprint density at radius 3 is 2.75 bits per heavy atom. The summed E-state index contributed by atoms with van der Waals surface area (Å²) < 4.78 is 6.99. The van der Waals surface area contributed by atoms with Gasteiger partial charge in [-0.3, -0.25) is 0 Å². The van der Waals surface area contributed by atoms with Crippen molar-refractivity contribution in [2.45, 2.75) is 19.9 Å². The van der Waals surface area contributed by atoms with E-state index in [4.69, 9.17) is 4.42 Å². The Balaban J connectivity index is 1.90. The maximum atomic E-state index is 5.91. The average Bonchev–Trinajstić information content (AvgIpc) is 2.83. The minimum atomic E-state index is 0.774. The molecule has 3 rings (SSSR count). The first-order chi connectivity index (χ1) is 9.78. The molecule has 102 valence electrons. The van der Waals surface area contributed by atoms with E-state index in [2.05, 4.69) is 52.4 Å². The molecule has 1 aromatic heterocycles. The van der Waals surface area contributed by atoms with E-state index in [0.717, 1.165) is 34.5 Å². The van der Waals surface area contributed by atoms with Crippen molar-refractivity contribution >= 4 is 32.6 Å². The molecule has 0 radical (unpaired) electrons. The minimum absolute atomic E-state index is 0.774.